The first-order chi connectivity index (χ1) is 7.59. The average Bonchev–Trinajstić information content (AvgIpc) is 2.69. The van der Waals surface area contributed by atoms with E-state index in [2.05, 4.69) is 55.8 Å². The van der Waals surface area contributed by atoms with E-state index < -0.39 is 0 Å². The van der Waals surface area contributed by atoms with E-state index in [9.17, 15) is 0 Å². The summed E-state index contributed by atoms with van der Waals surface area (Å²) in [6, 6.07) is 4.67. The third-order valence-corrected chi connectivity index (χ3v) is 4.60. The fourth-order valence-corrected chi connectivity index (χ4v) is 3.12. The minimum Gasteiger partial charge on any atom is -0.224 e. The van der Waals surface area contributed by atoms with Crippen molar-refractivity contribution >= 4 is 28.2 Å². The van der Waals surface area contributed by atoms with Crippen LogP contribution in [0.2, 0.25) is 0 Å². The predicted octanol–water partition coefficient (Wildman–Crippen LogP) is 4.80. The molecule has 1 aliphatic rings. The second kappa shape index (κ2) is 4.53. The van der Waals surface area contributed by atoms with Crippen molar-refractivity contribution in [2.24, 2.45) is 0 Å². The minimum atomic E-state index is 0. The summed E-state index contributed by atoms with van der Waals surface area (Å²) < 4.78 is 0. The van der Waals surface area contributed by atoms with Crippen LogP contribution in [0.4, 0.5) is 0 Å². The van der Waals surface area contributed by atoms with Crippen molar-refractivity contribution in [2.45, 2.75) is 26.2 Å². The molecule has 0 spiro atoms. The molecule has 2 aromatic rings. The quantitative estimate of drug-likeness (QED) is 0.613. The van der Waals surface area contributed by atoms with Crippen LogP contribution in [-0.4, -0.2) is 0 Å². The van der Waals surface area contributed by atoms with Gasteiger partial charge in [-0.25, -0.2) is 18.1 Å². The Balaban J connectivity index is 0.00000108. The van der Waals surface area contributed by atoms with E-state index in [1.807, 2.05) is 0 Å². The topological polar surface area (TPSA) is 0 Å². The van der Waals surface area contributed by atoms with Crippen molar-refractivity contribution in [1.29, 1.82) is 0 Å². The molecule has 17 heavy (non-hydrogen) atoms. The Morgan fingerprint density at radius 2 is 1.76 bits per heavy atom. The summed E-state index contributed by atoms with van der Waals surface area (Å²) in [5, 5.41) is 7.20. The molecule has 0 nitrogen and oxygen atoms in total. The molecule has 0 fully saturated rings. The van der Waals surface area contributed by atoms with Gasteiger partial charge in [-0.15, -0.1) is 12.5 Å². The molecule has 0 N–H and O–H groups in total. The summed E-state index contributed by atoms with van der Waals surface area (Å²) in [7, 11) is 0. The van der Waals surface area contributed by atoms with E-state index >= 15 is 0 Å². The molecule has 0 bridgehead atoms. The van der Waals surface area contributed by atoms with Crippen molar-refractivity contribution in [3.8, 4) is 0 Å². The number of rotatable bonds is 0. The maximum Gasteiger partial charge on any atom is 0 e. The fourth-order valence-electron chi connectivity index (χ4n) is 2.35. The van der Waals surface area contributed by atoms with Gasteiger partial charge in [0.15, 0.2) is 0 Å². The zero-order valence-corrected chi connectivity index (χ0v) is 14.1. The van der Waals surface area contributed by atoms with E-state index in [-0.39, 0.29) is 38.1 Å². The molecule has 0 saturated heterocycles. The van der Waals surface area contributed by atoms with E-state index in [0.717, 1.165) is 0 Å². The van der Waals surface area contributed by atoms with Crippen LogP contribution in [0.15, 0.2) is 29.0 Å². The number of benzene rings is 1. The molecule has 0 atom stereocenters. The molecule has 0 saturated carbocycles. The van der Waals surface area contributed by atoms with Crippen LogP contribution in [0.5, 0.6) is 0 Å². The Hall–Kier alpha value is -0.106. The monoisotopic (exact) mass is 316 g/mol. The van der Waals surface area contributed by atoms with Gasteiger partial charge < -0.3 is 0 Å². The molecule has 1 heterocycles. The fraction of sp³-hybridized carbons (Fsp3) is 0.267. The standard InChI is InChI=1S/C15H15S.Y/c1-10-4-5-11-6-12-8-16-9-13(12)7-14(11)15(10,2)3;/h4-9H,1-3H3;/q-1;. The predicted molar refractivity (Wildman–Crippen MR) is 72.8 cm³/mol. The molecule has 1 aromatic carbocycles. The van der Waals surface area contributed by atoms with E-state index in [0.29, 0.717) is 0 Å². The van der Waals surface area contributed by atoms with Crippen LogP contribution in [-0.2, 0) is 38.1 Å². The van der Waals surface area contributed by atoms with Crippen molar-refractivity contribution in [1.82, 2.24) is 0 Å². The van der Waals surface area contributed by atoms with Crippen LogP contribution in [0, 0.1) is 5.92 Å². The van der Waals surface area contributed by atoms with Crippen LogP contribution in [0.25, 0.3) is 16.8 Å². The number of thiophene rings is 1. The number of fused-ring (bicyclic) bond motifs is 2. The van der Waals surface area contributed by atoms with Gasteiger partial charge in [0.1, 0.15) is 0 Å². The molecular weight excluding hydrogens is 301 g/mol. The summed E-state index contributed by atoms with van der Waals surface area (Å²) in [6.45, 7) is 6.84. The first-order valence-corrected chi connectivity index (χ1v) is 6.56. The van der Waals surface area contributed by atoms with Gasteiger partial charge in [-0.2, -0.15) is 11.3 Å². The van der Waals surface area contributed by atoms with Crippen molar-refractivity contribution < 1.29 is 32.7 Å². The molecule has 1 aliphatic carbocycles. The Kier molecular flexibility index (Phi) is 3.55. The molecule has 85 valence electrons. The summed E-state index contributed by atoms with van der Waals surface area (Å²) in [4.78, 5) is 0. The molecule has 1 radical (unpaired) electrons. The van der Waals surface area contributed by atoms with Gasteiger partial charge >= 0.3 is 0 Å². The van der Waals surface area contributed by atoms with Gasteiger partial charge in [-0.1, -0.05) is 37.0 Å². The molecular formula is C15H15SY-. The Bertz CT molecular complexity index is 578. The first kappa shape index (κ1) is 13.3. The normalized spacial score (nSPS) is 16.8. The average molecular weight is 316 g/mol. The van der Waals surface area contributed by atoms with Gasteiger partial charge in [0.25, 0.3) is 0 Å². The Morgan fingerprint density at radius 3 is 2.47 bits per heavy atom. The zero-order chi connectivity index (χ0) is 11.3. The number of hydrogen-bond acceptors (Lipinski definition) is 1. The van der Waals surface area contributed by atoms with Gasteiger partial charge in [-0.05, 0) is 21.5 Å². The Morgan fingerprint density at radius 1 is 1.12 bits per heavy atom. The maximum absolute atomic E-state index is 2.36. The summed E-state index contributed by atoms with van der Waals surface area (Å²) in [5.41, 5.74) is 3.00. The molecule has 0 unspecified atom stereocenters. The van der Waals surface area contributed by atoms with Gasteiger partial charge in [0, 0.05) is 32.7 Å². The largest absolute Gasteiger partial charge is 0.224 e. The second-order valence-electron chi connectivity index (χ2n) is 5.08. The van der Waals surface area contributed by atoms with Crippen molar-refractivity contribution in [2.75, 3.05) is 0 Å². The number of hydrogen-bond donors (Lipinski definition) is 0. The van der Waals surface area contributed by atoms with Gasteiger partial charge in [-0.3, -0.25) is 0 Å². The van der Waals surface area contributed by atoms with Crippen LogP contribution in [0.3, 0.4) is 0 Å². The molecule has 3 rings (SSSR count). The third-order valence-electron chi connectivity index (χ3n) is 3.82. The van der Waals surface area contributed by atoms with E-state index in [4.69, 9.17) is 0 Å². The SMILES string of the molecule is C[C-]1C=Cc2cc3cscc3cc2C1(C)C.[Y]. The van der Waals surface area contributed by atoms with E-state index in [1.165, 1.54) is 27.8 Å². The van der Waals surface area contributed by atoms with Crippen LogP contribution in [0.1, 0.15) is 31.9 Å². The smallest absolute Gasteiger partial charge is 0 e. The first-order valence-electron chi connectivity index (χ1n) is 5.61. The van der Waals surface area contributed by atoms with Crippen molar-refractivity contribution in [3.05, 3.63) is 46.0 Å². The summed E-state index contributed by atoms with van der Waals surface area (Å²) >= 11 is 1.78. The molecule has 1 aromatic heterocycles. The summed E-state index contributed by atoms with van der Waals surface area (Å²) in [5.74, 6) is 1.44. The zero-order valence-electron chi connectivity index (χ0n) is 10.4. The third kappa shape index (κ3) is 2.03. The Labute approximate surface area is 132 Å². The molecule has 2 heteroatoms. The van der Waals surface area contributed by atoms with Crippen LogP contribution < -0.4 is 0 Å². The van der Waals surface area contributed by atoms with Gasteiger partial charge in [0.05, 0.1) is 0 Å². The molecule has 0 amide bonds. The van der Waals surface area contributed by atoms with Crippen LogP contribution >= 0.6 is 11.3 Å². The van der Waals surface area contributed by atoms with E-state index in [1.54, 1.807) is 11.3 Å². The minimum absolute atomic E-state index is 0. The summed E-state index contributed by atoms with van der Waals surface area (Å²) in [6.07, 6.45) is 4.49. The van der Waals surface area contributed by atoms with Gasteiger partial charge in [0.2, 0.25) is 0 Å². The maximum atomic E-state index is 2.36. The van der Waals surface area contributed by atoms with Crippen molar-refractivity contribution in [3.63, 3.8) is 0 Å². The number of allylic oxidation sites excluding steroid dienone is 1. The molecule has 0 aliphatic heterocycles. The second-order valence-corrected chi connectivity index (χ2v) is 5.83.